The van der Waals surface area contributed by atoms with Crippen LogP contribution in [0.1, 0.15) is 31.2 Å². The molecule has 6 heteroatoms. The minimum absolute atomic E-state index is 0.0494. The molecule has 0 saturated carbocycles. The SMILES string of the molecule is Cc1ccc(NC(=O)NCCCCN2CCC(C(N)=O)CC2)cc1. The molecule has 0 unspecified atom stereocenters. The Hall–Kier alpha value is -2.08. The quantitative estimate of drug-likeness (QED) is 0.668. The zero-order valence-corrected chi connectivity index (χ0v) is 14.4. The molecule has 4 N–H and O–H groups in total. The predicted molar refractivity (Wildman–Crippen MR) is 95.8 cm³/mol. The molecule has 1 aliphatic rings. The first kappa shape index (κ1) is 18.3. The molecule has 1 fully saturated rings. The van der Waals surface area contributed by atoms with E-state index in [1.54, 1.807) is 0 Å². The molecule has 0 bridgehead atoms. The standard InChI is InChI=1S/C18H28N4O2/c1-14-4-6-16(7-5-14)21-18(24)20-10-2-3-11-22-12-8-15(9-13-22)17(19)23/h4-7,15H,2-3,8-13H2,1H3,(H2,19,23)(H2,20,21,24). The number of urea groups is 1. The average molecular weight is 332 g/mol. The van der Waals surface area contributed by atoms with Crippen LogP contribution in [0.3, 0.4) is 0 Å². The van der Waals surface area contributed by atoms with Gasteiger partial charge in [-0.15, -0.1) is 0 Å². The van der Waals surface area contributed by atoms with E-state index in [1.807, 2.05) is 31.2 Å². The predicted octanol–water partition coefficient (Wildman–Crippen LogP) is 2.09. The maximum absolute atomic E-state index is 11.8. The van der Waals surface area contributed by atoms with Crippen molar-refractivity contribution < 1.29 is 9.59 Å². The zero-order chi connectivity index (χ0) is 17.4. The summed E-state index contributed by atoms with van der Waals surface area (Å²) in [6, 6.07) is 7.56. The molecule has 132 valence electrons. The van der Waals surface area contributed by atoms with Crippen molar-refractivity contribution in [2.45, 2.75) is 32.6 Å². The van der Waals surface area contributed by atoms with E-state index in [9.17, 15) is 9.59 Å². The Morgan fingerprint density at radius 2 is 1.83 bits per heavy atom. The third kappa shape index (κ3) is 6.20. The molecule has 0 spiro atoms. The molecular weight excluding hydrogens is 304 g/mol. The number of nitrogens with two attached hydrogens (primary N) is 1. The van der Waals surface area contributed by atoms with Crippen molar-refractivity contribution in [1.82, 2.24) is 10.2 Å². The first-order valence-corrected chi connectivity index (χ1v) is 8.68. The van der Waals surface area contributed by atoms with Crippen LogP contribution in [-0.2, 0) is 4.79 Å². The molecule has 1 aromatic carbocycles. The van der Waals surface area contributed by atoms with Crippen LogP contribution in [0.15, 0.2) is 24.3 Å². The lowest BCUT2D eigenvalue weighted by Crippen LogP contribution is -2.39. The fourth-order valence-electron chi connectivity index (χ4n) is 2.92. The lowest BCUT2D eigenvalue weighted by molar-refractivity contribution is -0.123. The number of unbranched alkanes of at least 4 members (excludes halogenated alkanes) is 1. The molecule has 1 heterocycles. The molecule has 0 aromatic heterocycles. The number of primary amides is 1. The van der Waals surface area contributed by atoms with Gasteiger partial charge in [-0.1, -0.05) is 17.7 Å². The van der Waals surface area contributed by atoms with Gasteiger partial charge in [0.25, 0.3) is 0 Å². The summed E-state index contributed by atoms with van der Waals surface area (Å²) in [7, 11) is 0. The number of aryl methyl sites for hydroxylation is 1. The van der Waals surface area contributed by atoms with Gasteiger partial charge < -0.3 is 21.3 Å². The molecule has 3 amide bonds. The number of nitrogens with one attached hydrogen (secondary N) is 2. The van der Waals surface area contributed by atoms with Gasteiger partial charge in [0.1, 0.15) is 0 Å². The molecule has 0 aliphatic carbocycles. The van der Waals surface area contributed by atoms with Crippen molar-refractivity contribution in [2.75, 3.05) is 31.5 Å². The van der Waals surface area contributed by atoms with Crippen molar-refractivity contribution in [3.05, 3.63) is 29.8 Å². The van der Waals surface area contributed by atoms with E-state index in [2.05, 4.69) is 15.5 Å². The minimum atomic E-state index is -0.168. The number of piperidine rings is 1. The van der Waals surface area contributed by atoms with Crippen molar-refractivity contribution in [3.8, 4) is 0 Å². The number of carbonyl (C=O) groups is 2. The highest BCUT2D eigenvalue weighted by molar-refractivity contribution is 5.89. The first-order chi connectivity index (χ1) is 11.5. The Morgan fingerprint density at radius 3 is 2.46 bits per heavy atom. The summed E-state index contributed by atoms with van der Waals surface area (Å²) in [5, 5.41) is 5.70. The van der Waals surface area contributed by atoms with Crippen LogP contribution in [0.25, 0.3) is 0 Å². The molecule has 1 aliphatic heterocycles. The Balaban J connectivity index is 1.53. The third-order valence-electron chi connectivity index (χ3n) is 4.49. The smallest absolute Gasteiger partial charge is 0.319 e. The van der Waals surface area contributed by atoms with Gasteiger partial charge in [-0.25, -0.2) is 4.79 Å². The number of amides is 3. The average Bonchev–Trinajstić information content (AvgIpc) is 2.57. The van der Waals surface area contributed by atoms with Crippen LogP contribution < -0.4 is 16.4 Å². The van der Waals surface area contributed by atoms with Crippen molar-refractivity contribution in [1.29, 1.82) is 0 Å². The number of benzene rings is 1. The number of likely N-dealkylation sites (tertiary alicyclic amines) is 1. The molecule has 1 aromatic rings. The summed E-state index contributed by atoms with van der Waals surface area (Å²) in [6.07, 6.45) is 3.71. The van der Waals surface area contributed by atoms with E-state index in [-0.39, 0.29) is 17.9 Å². The topological polar surface area (TPSA) is 87.5 Å². The fourth-order valence-corrected chi connectivity index (χ4v) is 2.92. The van der Waals surface area contributed by atoms with Gasteiger partial charge in [-0.05, 0) is 64.4 Å². The maximum Gasteiger partial charge on any atom is 0.319 e. The summed E-state index contributed by atoms with van der Waals surface area (Å²) < 4.78 is 0. The second kappa shape index (κ2) is 9.27. The zero-order valence-electron chi connectivity index (χ0n) is 14.4. The number of nitrogens with zero attached hydrogens (tertiary/aromatic N) is 1. The number of anilines is 1. The summed E-state index contributed by atoms with van der Waals surface area (Å²) in [5.74, 6) is -0.119. The van der Waals surface area contributed by atoms with Gasteiger partial charge in [-0.3, -0.25) is 4.79 Å². The molecule has 1 saturated heterocycles. The maximum atomic E-state index is 11.8. The monoisotopic (exact) mass is 332 g/mol. The number of hydrogen-bond acceptors (Lipinski definition) is 3. The van der Waals surface area contributed by atoms with E-state index in [4.69, 9.17) is 5.73 Å². The van der Waals surface area contributed by atoms with E-state index >= 15 is 0 Å². The molecular formula is C18H28N4O2. The Labute approximate surface area is 143 Å². The van der Waals surface area contributed by atoms with Gasteiger partial charge in [0.05, 0.1) is 0 Å². The minimum Gasteiger partial charge on any atom is -0.369 e. The van der Waals surface area contributed by atoms with Gasteiger partial charge in [0.15, 0.2) is 0 Å². The van der Waals surface area contributed by atoms with Gasteiger partial charge in [0.2, 0.25) is 5.91 Å². The number of carbonyl (C=O) groups excluding carboxylic acids is 2. The van der Waals surface area contributed by atoms with Crippen LogP contribution in [0.5, 0.6) is 0 Å². The van der Waals surface area contributed by atoms with Crippen molar-refractivity contribution >= 4 is 17.6 Å². The number of rotatable bonds is 7. The molecule has 24 heavy (non-hydrogen) atoms. The van der Waals surface area contributed by atoms with E-state index in [0.29, 0.717) is 6.54 Å². The number of hydrogen-bond donors (Lipinski definition) is 3. The molecule has 0 atom stereocenters. The van der Waals surface area contributed by atoms with Crippen LogP contribution in [0.2, 0.25) is 0 Å². The van der Waals surface area contributed by atoms with E-state index in [0.717, 1.165) is 51.0 Å². The Morgan fingerprint density at radius 1 is 1.17 bits per heavy atom. The van der Waals surface area contributed by atoms with Crippen LogP contribution >= 0.6 is 0 Å². The second-order valence-electron chi connectivity index (χ2n) is 6.47. The van der Waals surface area contributed by atoms with Gasteiger partial charge >= 0.3 is 6.03 Å². The highest BCUT2D eigenvalue weighted by atomic mass is 16.2. The first-order valence-electron chi connectivity index (χ1n) is 8.68. The van der Waals surface area contributed by atoms with Gasteiger partial charge in [-0.2, -0.15) is 0 Å². The summed E-state index contributed by atoms with van der Waals surface area (Å²) in [6.45, 7) is 5.56. The molecule has 0 radical (unpaired) electrons. The molecule has 2 rings (SSSR count). The largest absolute Gasteiger partial charge is 0.369 e. The van der Waals surface area contributed by atoms with Crippen molar-refractivity contribution in [3.63, 3.8) is 0 Å². The second-order valence-corrected chi connectivity index (χ2v) is 6.47. The Bertz CT molecular complexity index is 536. The van der Waals surface area contributed by atoms with Crippen LogP contribution in [0.4, 0.5) is 10.5 Å². The Kier molecular flexibility index (Phi) is 7.06. The van der Waals surface area contributed by atoms with Crippen molar-refractivity contribution in [2.24, 2.45) is 11.7 Å². The molecule has 6 nitrogen and oxygen atoms in total. The van der Waals surface area contributed by atoms with Crippen LogP contribution in [0, 0.1) is 12.8 Å². The normalized spacial score (nSPS) is 15.9. The van der Waals surface area contributed by atoms with E-state index < -0.39 is 0 Å². The lowest BCUT2D eigenvalue weighted by atomic mass is 9.96. The lowest BCUT2D eigenvalue weighted by Gasteiger charge is -2.30. The summed E-state index contributed by atoms with van der Waals surface area (Å²) in [5.41, 5.74) is 7.31. The van der Waals surface area contributed by atoms with Crippen LogP contribution in [-0.4, -0.2) is 43.0 Å². The highest BCUT2D eigenvalue weighted by Crippen LogP contribution is 2.16. The third-order valence-corrected chi connectivity index (χ3v) is 4.49. The van der Waals surface area contributed by atoms with E-state index in [1.165, 1.54) is 5.56 Å². The fraction of sp³-hybridized carbons (Fsp3) is 0.556. The summed E-state index contributed by atoms with van der Waals surface area (Å²) >= 11 is 0. The highest BCUT2D eigenvalue weighted by Gasteiger charge is 2.22. The van der Waals surface area contributed by atoms with Gasteiger partial charge in [0, 0.05) is 18.2 Å². The summed E-state index contributed by atoms with van der Waals surface area (Å²) in [4.78, 5) is 25.3.